The van der Waals surface area contributed by atoms with E-state index in [-0.39, 0.29) is 5.75 Å². The summed E-state index contributed by atoms with van der Waals surface area (Å²) in [6, 6.07) is 11.3. The molecule has 3 aromatic rings. The van der Waals surface area contributed by atoms with E-state index in [1.807, 2.05) is 0 Å². The monoisotopic (exact) mass is 300 g/mol. The van der Waals surface area contributed by atoms with Crippen LogP contribution in [0.15, 0.2) is 46.9 Å². The number of alkyl halides is 3. The van der Waals surface area contributed by atoms with Crippen molar-refractivity contribution in [2.75, 3.05) is 0 Å². The zero-order chi connectivity index (χ0) is 14.3. The fourth-order valence-corrected chi connectivity index (χ4v) is 2.34. The molecule has 2 aromatic carbocycles. The number of benzene rings is 2. The average molecular weight is 300 g/mol. The Morgan fingerprint density at radius 3 is 2.45 bits per heavy atom. The molecule has 0 bridgehead atoms. The second-order valence-corrected chi connectivity index (χ2v) is 5.09. The summed E-state index contributed by atoms with van der Waals surface area (Å²) in [5.74, 6) is -0.122. The molecule has 0 radical (unpaired) electrons. The highest BCUT2D eigenvalue weighted by Crippen LogP contribution is 2.36. The van der Waals surface area contributed by atoms with Gasteiger partial charge >= 0.3 is 16.6 Å². The highest BCUT2D eigenvalue weighted by atomic mass is 32.2. The first-order valence-corrected chi connectivity index (χ1v) is 6.61. The van der Waals surface area contributed by atoms with Gasteiger partial charge in [0, 0.05) is 5.39 Å². The van der Waals surface area contributed by atoms with Crippen molar-refractivity contribution in [3.05, 3.63) is 42.5 Å². The molecule has 1 atom stereocenters. The van der Waals surface area contributed by atoms with E-state index in [9.17, 15) is 17.4 Å². The average Bonchev–Trinajstić information content (AvgIpc) is 2.76. The van der Waals surface area contributed by atoms with Gasteiger partial charge in [0.15, 0.2) is 5.75 Å². The largest absolute Gasteiger partial charge is 0.508 e. The molecule has 3 nitrogen and oxygen atoms in total. The Morgan fingerprint density at radius 2 is 1.70 bits per heavy atom. The Morgan fingerprint density at radius 1 is 1.00 bits per heavy atom. The van der Waals surface area contributed by atoms with Crippen LogP contribution in [-0.2, 0) is 11.1 Å². The van der Waals surface area contributed by atoms with Gasteiger partial charge < -0.3 is 8.60 Å². The molecule has 20 heavy (non-hydrogen) atoms. The van der Waals surface area contributed by atoms with Crippen molar-refractivity contribution < 1.29 is 26.0 Å². The van der Waals surface area contributed by atoms with Crippen molar-refractivity contribution in [1.29, 1.82) is 0 Å². The van der Waals surface area contributed by atoms with Gasteiger partial charge in [0.1, 0.15) is 11.2 Å². The predicted molar refractivity (Wildman–Crippen MR) is 68.5 cm³/mol. The maximum absolute atomic E-state index is 12.3. The van der Waals surface area contributed by atoms with E-state index < -0.39 is 16.6 Å². The minimum absolute atomic E-state index is 0.122. The van der Waals surface area contributed by atoms with Crippen molar-refractivity contribution in [3.8, 4) is 5.75 Å². The van der Waals surface area contributed by atoms with Gasteiger partial charge in [0.25, 0.3) is 0 Å². The SMILES string of the molecule is O=S(Oc1cccc2oc3ccccc3c12)C(F)(F)F. The van der Waals surface area contributed by atoms with Crippen molar-refractivity contribution in [1.82, 2.24) is 0 Å². The van der Waals surface area contributed by atoms with Crippen molar-refractivity contribution in [2.24, 2.45) is 0 Å². The summed E-state index contributed by atoms with van der Waals surface area (Å²) in [6.45, 7) is 0. The highest BCUT2D eigenvalue weighted by Gasteiger charge is 2.40. The summed E-state index contributed by atoms with van der Waals surface area (Å²) in [5, 5.41) is 0.984. The topological polar surface area (TPSA) is 39.4 Å². The van der Waals surface area contributed by atoms with Gasteiger partial charge in [-0.1, -0.05) is 24.3 Å². The van der Waals surface area contributed by atoms with E-state index in [0.717, 1.165) is 0 Å². The molecule has 0 fully saturated rings. The predicted octanol–water partition coefficient (Wildman–Crippen LogP) is 4.15. The third-order valence-corrected chi connectivity index (χ3v) is 3.43. The Kier molecular flexibility index (Phi) is 2.93. The first kappa shape index (κ1) is 13.0. The number of para-hydroxylation sites is 1. The first-order chi connectivity index (χ1) is 9.47. The summed E-state index contributed by atoms with van der Waals surface area (Å²) in [6.07, 6.45) is 0. The minimum atomic E-state index is -4.93. The van der Waals surface area contributed by atoms with E-state index in [0.29, 0.717) is 21.9 Å². The third kappa shape index (κ3) is 2.14. The Bertz CT molecular complexity index is 807. The summed E-state index contributed by atoms with van der Waals surface area (Å²) in [4.78, 5) is 0. The number of rotatable bonds is 2. The van der Waals surface area contributed by atoms with Gasteiger partial charge in [-0.2, -0.15) is 13.2 Å². The standard InChI is InChI=1S/C13H7F3O3S/c14-13(15,16)20(17)19-11-7-3-6-10-12(11)8-4-1-2-5-9(8)18-10/h1-7H. The van der Waals surface area contributed by atoms with E-state index in [1.165, 1.54) is 12.1 Å². The summed E-state index contributed by atoms with van der Waals surface area (Å²) in [7, 11) is 0. The smallest absolute Gasteiger partial charge is 0.456 e. The Labute approximate surface area is 113 Å². The van der Waals surface area contributed by atoms with Crippen LogP contribution in [0.2, 0.25) is 0 Å². The molecule has 1 unspecified atom stereocenters. The summed E-state index contributed by atoms with van der Waals surface area (Å²) in [5.41, 5.74) is -4.03. The summed E-state index contributed by atoms with van der Waals surface area (Å²) >= 11 is -3.41. The van der Waals surface area contributed by atoms with Crippen LogP contribution < -0.4 is 4.18 Å². The third-order valence-electron chi connectivity index (χ3n) is 2.72. The molecule has 1 heterocycles. The van der Waals surface area contributed by atoms with Crippen LogP contribution >= 0.6 is 0 Å². The first-order valence-electron chi connectivity index (χ1n) is 5.54. The maximum atomic E-state index is 12.3. The molecule has 0 amide bonds. The van der Waals surface area contributed by atoms with Crippen LogP contribution in [0.1, 0.15) is 0 Å². The molecule has 0 aliphatic heterocycles. The van der Waals surface area contributed by atoms with Crippen molar-refractivity contribution in [3.63, 3.8) is 0 Å². The quantitative estimate of drug-likeness (QED) is 0.713. The van der Waals surface area contributed by atoms with Crippen LogP contribution in [0.5, 0.6) is 5.75 Å². The molecule has 0 aliphatic carbocycles. The van der Waals surface area contributed by atoms with Crippen LogP contribution in [0.4, 0.5) is 13.2 Å². The van der Waals surface area contributed by atoms with Crippen LogP contribution in [-0.4, -0.2) is 9.72 Å². The Balaban J connectivity index is 2.18. The summed E-state index contributed by atoms with van der Waals surface area (Å²) < 4.78 is 58.1. The van der Waals surface area contributed by atoms with Crippen LogP contribution in [0, 0.1) is 0 Å². The number of furan rings is 1. The van der Waals surface area contributed by atoms with Gasteiger partial charge in [-0.15, -0.1) is 0 Å². The van der Waals surface area contributed by atoms with E-state index in [2.05, 4.69) is 4.18 Å². The molecule has 0 saturated carbocycles. The minimum Gasteiger partial charge on any atom is -0.456 e. The second kappa shape index (κ2) is 4.52. The zero-order valence-corrected chi connectivity index (χ0v) is 10.6. The number of hydrogen-bond donors (Lipinski definition) is 0. The number of hydrogen-bond acceptors (Lipinski definition) is 3. The van der Waals surface area contributed by atoms with Gasteiger partial charge in [0.2, 0.25) is 0 Å². The maximum Gasteiger partial charge on any atom is 0.508 e. The zero-order valence-electron chi connectivity index (χ0n) is 9.81. The lowest BCUT2D eigenvalue weighted by molar-refractivity contribution is -0.0437. The van der Waals surface area contributed by atoms with Gasteiger partial charge in [0.05, 0.1) is 5.39 Å². The molecular weight excluding hydrogens is 293 g/mol. The van der Waals surface area contributed by atoms with Gasteiger partial charge in [-0.25, -0.2) is 4.21 Å². The lowest BCUT2D eigenvalue weighted by atomic mass is 10.1. The van der Waals surface area contributed by atoms with Gasteiger partial charge in [-0.05, 0) is 18.2 Å². The second-order valence-electron chi connectivity index (χ2n) is 3.99. The van der Waals surface area contributed by atoms with E-state index in [1.54, 1.807) is 30.3 Å². The van der Waals surface area contributed by atoms with Crippen LogP contribution in [0.25, 0.3) is 21.9 Å². The molecule has 104 valence electrons. The Hall–Kier alpha value is -2.02. The molecule has 0 N–H and O–H groups in total. The molecule has 0 spiro atoms. The molecule has 0 aliphatic rings. The molecule has 7 heteroatoms. The fourth-order valence-electron chi connectivity index (χ4n) is 1.94. The lowest BCUT2D eigenvalue weighted by Gasteiger charge is -2.07. The molecular formula is C13H7F3O3S. The van der Waals surface area contributed by atoms with Gasteiger partial charge in [-0.3, -0.25) is 0 Å². The van der Waals surface area contributed by atoms with Crippen molar-refractivity contribution in [2.45, 2.75) is 5.51 Å². The molecule has 3 rings (SSSR count). The highest BCUT2D eigenvalue weighted by molar-refractivity contribution is 7.81. The number of halogens is 3. The van der Waals surface area contributed by atoms with E-state index in [4.69, 9.17) is 4.42 Å². The molecule has 1 aromatic heterocycles. The molecule has 0 saturated heterocycles. The van der Waals surface area contributed by atoms with Crippen LogP contribution in [0.3, 0.4) is 0 Å². The van der Waals surface area contributed by atoms with Crippen molar-refractivity contribution >= 4 is 33.0 Å². The lowest BCUT2D eigenvalue weighted by Crippen LogP contribution is -2.20. The normalized spacial score (nSPS) is 13.8. The van der Waals surface area contributed by atoms with E-state index >= 15 is 0 Å². The fraction of sp³-hybridized carbons (Fsp3) is 0.0769. The number of fused-ring (bicyclic) bond motifs is 3.